The van der Waals surface area contributed by atoms with Crippen LogP contribution >= 0.6 is 0 Å². The first-order valence-corrected chi connectivity index (χ1v) is 11.0. The Kier molecular flexibility index (Phi) is 7.15. The molecule has 1 aliphatic heterocycles. The summed E-state index contributed by atoms with van der Waals surface area (Å²) in [6.45, 7) is 7.29. The highest BCUT2D eigenvalue weighted by molar-refractivity contribution is 6.12. The molecule has 4 atom stereocenters. The number of methoxy groups -OCH3 is 2. The predicted molar refractivity (Wildman–Crippen MR) is 120 cm³/mol. The zero-order chi connectivity index (χ0) is 24.4. The molecule has 0 saturated carbocycles. The summed E-state index contributed by atoms with van der Waals surface area (Å²) >= 11 is 0. The van der Waals surface area contributed by atoms with Crippen LogP contribution in [-0.2, 0) is 23.9 Å². The minimum atomic E-state index is -0.977. The monoisotopic (exact) mass is 457 g/mol. The van der Waals surface area contributed by atoms with Crippen molar-refractivity contribution in [1.29, 1.82) is 0 Å². The van der Waals surface area contributed by atoms with Crippen molar-refractivity contribution in [1.82, 2.24) is 5.32 Å². The summed E-state index contributed by atoms with van der Waals surface area (Å²) in [5.74, 6) is -3.48. The number of benzene rings is 1. The standard InChI is InChI=1S/C25H31NO7/c1-7-13(3)33-25(30)20-14(4)26-16-10-12(2)19(24(29)32-6)23(28)22(16)21(20)15-8-9-18(31-5)17(27)11-15/h8-9,11-13,19,21,26-27H,7,10H2,1-6H3/t12-,13+,19-,21-/m0/s1. The molecule has 1 aromatic rings. The largest absolute Gasteiger partial charge is 0.504 e. The van der Waals surface area contributed by atoms with Gasteiger partial charge in [0.05, 0.1) is 25.9 Å². The number of carbonyl (C=O) groups is 3. The molecular weight excluding hydrogens is 426 g/mol. The highest BCUT2D eigenvalue weighted by Gasteiger charge is 2.47. The highest BCUT2D eigenvalue weighted by Crippen LogP contribution is 2.46. The average molecular weight is 458 g/mol. The number of dihydropyridines is 1. The molecule has 2 N–H and O–H groups in total. The fourth-order valence-electron chi connectivity index (χ4n) is 4.50. The molecule has 0 unspecified atom stereocenters. The molecule has 178 valence electrons. The summed E-state index contributed by atoms with van der Waals surface area (Å²) in [7, 11) is 2.69. The fraction of sp³-hybridized carbons (Fsp3) is 0.480. The second kappa shape index (κ2) is 9.68. The van der Waals surface area contributed by atoms with Gasteiger partial charge >= 0.3 is 11.9 Å². The summed E-state index contributed by atoms with van der Waals surface area (Å²) in [6, 6.07) is 4.75. The number of carbonyl (C=O) groups excluding carboxylic acids is 3. The molecule has 0 saturated heterocycles. The minimum Gasteiger partial charge on any atom is -0.504 e. The van der Waals surface area contributed by atoms with Gasteiger partial charge in [0.15, 0.2) is 17.3 Å². The van der Waals surface area contributed by atoms with Crippen LogP contribution in [0.2, 0.25) is 0 Å². The zero-order valence-corrected chi connectivity index (χ0v) is 19.9. The van der Waals surface area contributed by atoms with Gasteiger partial charge in [0.1, 0.15) is 5.92 Å². The topological polar surface area (TPSA) is 111 Å². The number of nitrogens with one attached hydrogen (secondary N) is 1. The third-order valence-electron chi connectivity index (χ3n) is 6.38. The molecule has 0 aromatic heterocycles. The van der Waals surface area contributed by atoms with Crippen LogP contribution in [0.3, 0.4) is 0 Å². The lowest BCUT2D eigenvalue weighted by Crippen LogP contribution is -2.43. The first-order chi connectivity index (χ1) is 15.6. The van der Waals surface area contributed by atoms with Crippen molar-refractivity contribution in [2.75, 3.05) is 14.2 Å². The van der Waals surface area contributed by atoms with E-state index in [0.29, 0.717) is 35.4 Å². The van der Waals surface area contributed by atoms with Crippen LogP contribution in [0.5, 0.6) is 11.5 Å². The van der Waals surface area contributed by atoms with Crippen LogP contribution in [0.25, 0.3) is 0 Å². The summed E-state index contributed by atoms with van der Waals surface area (Å²) in [5.41, 5.74) is 2.33. The number of esters is 2. The molecule has 0 fully saturated rings. The Labute approximate surface area is 193 Å². The Morgan fingerprint density at radius 1 is 1.27 bits per heavy atom. The quantitative estimate of drug-likeness (QED) is 0.494. The molecule has 1 aliphatic carbocycles. The van der Waals surface area contributed by atoms with Crippen LogP contribution in [0.15, 0.2) is 40.7 Å². The Morgan fingerprint density at radius 3 is 2.55 bits per heavy atom. The Bertz CT molecular complexity index is 1040. The Balaban J connectivity index is 2.19. The van der Waals surface area contributed by atoms with E-state index in [0.717, 1.165) is 0 Å². The zero-order valence-electron chi connectivity index (χ0n) is 19.9. The van der Waals surface area contributed by atoms with Crippen LogP contribution < -0.4 is 10.1 Å². The second-order valence-electron chi connectivity index (χ2n) is 8.59. The molecule has 0 spiro atoms. The van der Waals surface area contributed by atoms with Gasteiger partial charge in [0.2, 0.25) is 0 Å². The number of hydrogen-bond donors (Lipinski definition) is 2. The van der Waals surface area contributed by atoms with Crippen LogP contribution in [0, 0.1) is 11.8 Å². The first-order valence-electron chi connectivity index (χ1n) is 11.0. The summed E-state index contributed by atoms with van der Waals surface area (Å²) in [5, 5.41) is 13.6. The van der Waals surface area contributed by atoms with Crippen molar-refractivity contribution >= 4 is 17.7 Å². The lowest BCUT2D eigenvalue weighted by molar-refractivity contribution is -0.151. The molecule has 1 heterocycles. The van der Waals surface area contributed by atoms with Gasteiger partial charge in [-0.3, -0.25) is 9.59 Å². The summed E-state index contributed by atoms with van der Waals surface area (Å²) in [6.07, 6.45) is 0.752. The van der Waals surface area contributed by atoms with Crippen molar-refractivity contribution in [3.05, 3.63) is 46.3 Å². The average Bonchev–Trinajstić information content (AvgIpc) is 2.77. The maximum absolute atomic E-state index is 13.7. The Hall–Kier alpha value is -3.29. The molecule has 3 rings (SSSR count). The molecule has 0 radical (unpaired) electrons. The van der Waals surface area contributed by atoms with Gasteiger partial charge in [0, 0.05) is 22.9 Å². The number of phenolic OH excluding ortho intramolecular Hbond substituents is 1. The lowest BCUT2D eigenvalue weighted by atomic mass is 9.69. The van der Waals surface area contributed by atoms with E-state index in [1.54, 1.807) is 26.0 Å². The van der Waals surface area contributed by atoms with Gasteiger partial charge < -0.3 is 24.6 Å². The molecule has 0 bridgehead atoms. The van der Waals surface area contributed by atoms with Gasteiger partial charge in [-0.1, -0.05) is 19.9 Å². The number of rotatable bonds is 6. The van der Waals surface area contributed by atoms with E-state index >= 15 is 0 Å². The maximum Gasteiger partial charge on any atom is 0.337 e. The predicted octanol–water partition coefficient (Wildman–Crippen LogP) is 3.36. The van der Waals surface area contributed by atoms with Crippen LogP contribution in [0.4, 0.5) is 0 Å². The maximum atomic E-state index is 13.7. The van der Waals surface area contributed by atoms with Crippen molar-refractivity contribution in [3.63, 3.8) is 0 Å². The number of ether oxygens (including phenoxy) is 3. The summed E-state index contributed by atoms with van der Waals surface area (Å²) < 4.78 is 15.7. The smallest absolute Gasteiger partial charge is 0.337 e. The molecule has 0 amide bonds. The lowest BCUT2D eigenvalue weighted by Gasteiger charge is -2.38. The fourth-order valence-corrected chi connectivity index (χ4v) is 4.50. The second-order valence-corrected chi connectivity index (χ2v) is 8.59. The van der Waals surface area contributed by atoms with Crippen LogP contribution in [0.1, 0.15) is 52.0 Å². The van der Waals surface area contributed by atoms with Gasteiger partial charge in [-0.2, -0.15) is 0 Å². The van der Waals surface area contributed by atoms with Gasteiger partial charge in [0.25, 0.3) is 0 Å². The normalized spacial score (nSPS) is 23.5. The Morgan fingerprint density at radius 2 is 1.97 bits per heavy atom. The van der Waals surface area contributed by atoms with Crippen LogP contribution in [-0.4, -0.2) is 43.2 Å². The van der Waals surface area contributed by atoms with E-state index in [1.807, 2.05) is 13.8 Å². The number of allylic oxidation sites excluding steroid dienone is 3. The third-order valence-corrected chi connectivity index (χ3v) is 6.38. The minimum absolute atomic E-state index is 0.121. The number of hydrogen-bond acceptors (Lipinski definition) is 8. The van der Waals surface area contributed by atoms with Gasteiger partial charge in [-0.25, -0.2) is 4.79 Å². The molecule has 33 heavy (non-hydrogen) atoms. The van der Waals surface area contributed by atoms with E-state index in [1.165, 1.54) is 20.3 Å². The van der Waals surface area contributed by atoms with E-state index in [-0.39, 0.29) is 29.1 Å². The number of ketones is 1. The molecule has 1 aromatic carbocycles. The van der Waals surface area contributed by atoms with E-state index in [9.17, 15) is 19.5 Å². The summed E-state index contributed by atoms with van der Waals surface area (Å²) in [4.78, 5) is 39.4. The van der Waals surface area contributed by atoms with Crippen molar-refractivity contribution < 1.29 is 33.7 Å². The van der Waals surface area contributed by atoms with E-state index in [2.05, 4.69) is 5.32 Å². The molecule has 2 aliphatic rings. The SMILES string of the molecule is CC[C@@H](C)OC(=O)C1=C(C)NC2=C(C(=O)[C@@H](C(=O)OC)[C@@H](C)C2)[C@H]1c1ccc(OC)c(O)c1. The van der Waals surface area contributed by atoms with E-state index < -0.39 is 29.6 Å². The molecule has 8 nitrogen and oxygen atoms in total. The molecule has 8 heteroatoms. The van der Waals surface area contributed by atoms with Crippen molar-refractivity contribution in [2.45, 2.75) is 52.6 Å². The van der Waals surface area contributed by atoms with E-state index in [4.69, 9.17) is 14.2 Å². The van der Waals surface area contributed by atoms with Crippen molar-refractivity contribution in [2.24, 2.45) is 11.8 Å². The first kappa shape index (κ1) is 24.4. The number of aromatic hydroxyl groups is 1. The van der Waals surface area contributed by atoms with Gasteiger partial charge in [-0.15, -0.1) is 0 Å². The van der Waals surface area contributed by atoms with Crippen molar-refractivity contribution in [3.8, 4) is 11.5 Å². The van der Waals surface area contributed by atoms with Gasteiger partial charge in [-0.05, 0) is 50.3 Å². The molecular formula is C25H31NO7. The number of Topliss-reactive ketones (excluding diaryl/α,β-unsaturated/α-hetero) is 1. The highest BCUT2D eigenvalue weighted by atomic mass is 16.5. The number of phenols is 1. The third kappa shape index (κ3) is 4.47.